The second kappa shape index (κ2) is 5.67. The Hall–Kier alpha value is -2.26. The molecule has 24 heavy (non-hydrogen) atoms. The van der Waals surface area contributed by atoms with E-state index in [1.54, 1.807) is 6.20 Å². The van der Waals surface area contributed by atoms with Gasteiger partial charge in [0, 0.05) is 36.4 Å². The molecule has 9 heteroatoms. The molecule has 0 amide bonds. The highest BCUT2D eigenvalue weighted by molar-refractivity contribution is 7.88. The highest BCUT2D eigenvalue weighted by atomic mass is 32.2. The lowest BCUT2D eigenvalue weighted by molar-refractivity contribution is 0.262. The van der Waals surface area contributed by atoms with Gasteiger partial charge in [0.05, 0.1) is 24.2 Å². The van der Waals surface area contributed by atoms with Gasteiger partial charge in [-0.15, -0.1) is 0 Å². The molecule has 4 rings (SSSR count). The Kier molecular flexibility index (Phi) is 3.61. The number of fused-ring (bicyclic) bond motifs is 1. The van der Waals surface area contributed by atoms with Gasteiger partial charge >= 0.3 is 0 Å². The van der Waals surface area contributed by atoms with Crippen molar-refractivity contribution in [3.05, 3.63) is 31.0 Å². The minimum Gasteiger partial charge on any atom is -0.346 e. The van der Waals surface area contributed by atoms with Gasteiger partial charge in [0.2, 0.25) is 10.0 Å². The summed E-state index contributed by atoms with van der Waals surface area (Å²) in [6.45, 7) is 1.07. The molecule has 1 fully saturated rings. The van der Waals surface area contributed by atoms with Crippen LogP contribution in [0.4, 0.5) is 0 Å². The predicted octanol–water partition coefficient (Wildman–Crippen LogP) is 1.42. The molecule has 0 aliphatic carbocycles. The van der Waals surface area contributed by atoms with Gasteiger partial charge in [-0.2, -0.15) is 5.10 Å². The summed E-state index contributed by atoms with van der Waals surface area (Å²) in [5.41, 5.74) is 2.59. The van der Waals surface area contributed by atoms with Crippen LogP contribution in [0, 0.1) is 0 Å². The number of rotatable bonds is 3. The number of hydrogen-bond donors (Lipinski definition) is 1. The maximum absolute atomic E-state index is 11.6. The average Bonchev–Trinajstić information content (AvgIpc) is 3.23. The van der Waals surface area contributed by atoms with E-state index in [4.69, 9.17) is 0 Å². The van der Waals surface area contributed by atoms with Crippen molar-refractivity contribution in [2.45, 2.75) is 18.9 Å². The van der Waals surface area contributed by atoms with E-state index in [1.807, 2.05) is 23.1 Å². The zero-order valence-corrected chi connectivity index (χ0v) is 14.1. The summed E-state index contributed by atoms with van der Waals surface area (Å²) in [7, 11) is -3.10. The van der Waals surface area contributed by atoms with Gasteiger partial charge in [0.1, 0.15) is 12.0 Å². The standard InChI is InChI=1S/C15H18N6O2S/c1-24(22,23)20-6-3-12(4-7-20)21-9-11(8-19-21)14-13-2-5-16-15(13)18-10-17-14/h2,5,8-10,12H,3-4,6-7H2,1H3,(H,16,17,18). The van der Waals surface area contributed by atoms with Crippen molar-refractivity contribution in [3.8, 4) is 11.3 Å². The molecule has 1 aliphatic heterocycles. The van der Waals surface area contributed by atoms with Crippen LogP contribution < -0.4 is 0 Å². The third kappa shape index (κ3) is 2.69. The van der Waals surface area contributed by atoms with E-state index in [9.17, 15) is 8.42 Å². The Bertz CT molecular complexity index is 969. The Morgan fingerprint density at radius 3 is 2.79 bits per heavy atom. The second-order valence-corrected chi connectivity index (χ2v) is 8.05. The molecule has 0 saturated carbocycles. The van der Waals surface area contributed by atoms with E-state index in [2.05, 4.69) is 20.1 Å². The highest BCUT2D eigenvalue weighted by Gasteiger charge is 2.26. The molecule has 3 aromatic heterocycles. The summed E-state index contributed by atoms with van der Waals surface area (Å²) < 4.78 is 26.7. The molecular weight excluding hydrogens is 328 g/mol. The van der Waals surface area contributed by atoms with Gasteiger partial charge in [0.15, 0.2) is 0 Å². The van der Waals surface area contributed by atoms with Gasteiger partial charge in [0.25, 0.3) is 0 Å². The van der Waals surface area contributed by atoms with E-state index in [0.717, 1.165) is 35.1 Å². The van der Waals surface area contributed by atoms with Crippen LogP contribution in [-0.4, -0.2) is 56.8 Å². The summed E-state index contributed by atoms with van der Waals surface area (Å²) in [6, 6.07) is 2.16. The molecule has 0 spiro atoms. The van der Waals surface area contributed by atoms with E-state index < -0.39 is 10.0 Å². The average molecular weight is 346 g/mol. The van der Waals surface area contributed by atoms with Crippen LogP contribution in [0.3, 0.4) is 0 Å². The third-order valence-corrected chi connectivity index (χ3v) is 5.80. The molecule has 0 bridgehead atoms. The van der Waals surface area contributed by atoms with E-state index in [1.165, 1.54) is 16.9 Å². The largest absolute Gasteiger partial charge is 0.346 e. The fourth-order valence-corrected chi connectivity index (χ4v) is 4.07. The summed E-state index contributed by atoms with van der Waals surface area (Å²) >= 11 is 0. The molecule has 0 aromatic carbocycles. The first-order chi connectivity index (χ1) is 11.5. The highest BCUT2D eigenvalue weighted by Crippen LogP contribution is 2.28. The van der Waals surface area contributed by atoms with Crippen molar-refractivity contribution < 1.29 is 8.42 Å². The van der Waals surface area contributed by atoms with Gasteiger partial charge < -0.3 is 4.98 Å². The van der Waals surface area contributed by atoms with Crippen LogP contribution in [0.15, 0.2) is 31.0 Å². The number of H-pyrrole nitrogens is 1. The van der Waals surface area contributed by atoms with Crippen molar-refractivity contribution in [3.63, 3.8) is 0 Å². The van der Waals surface area contributed by atoms with Crippen molar-refractivity contribution in [2.24, 2.45) is 0 Å². The number of aromatic nitrogens is 5. The van der Waals surface area contributed by atoms with Crippen molar-refractivity contribution in [1.82, 2.24) is 29.0 Å². The quantitative estimate of drug-likeness (QED) is 0.773. The number of sulfonamides is 1. The van der Waals surface area contributed by atoms with E-state index in [0.29, 0.717) is 13.1 Å². The molecule has 126 valence electrons. The van der Waals surface area contributed by atoms with Crippen LogP contribution in [0.2, 0.25) is 0 Å². The number of nitrogens with zero attached hydrogens (tertiary/aromatic N) is 5. The Morgan fingerprint density at radius 2 is 2.04 bits per heavy atom. The molecule has 1 N–H and O–H groups in total. The van der Waals surface area contributed by atoms with Crippen LogP contribution in [0.25, 0.3) is 22.3 Å². The number of aromatic amines is 1. The molecule has 8 nitrogen and oxygen atoms in total. The van der Waals surface area contributed by atoms with Crippen LogP contribution in [0.1, 0.15) is 18.9 Å². The van der Waals surface area contributed by atoms with Gasteiger partial charge in [-0.25, -0.2) is 22.7 Å². The van der Waals surface area contributed by atoms with Crippen LogP contribution >= 0.6 is 0 Å². The number of nitrogens with one attached hydrogen (secondary N) is 1. The lowest BCUT2D eigenvalue weighted by atomic mass is 10.1. The molecule has 1 aliphatic rings. The molecular formula is C15H18N6O2S. The third-order valence-electron chi connectivity index (χ3n) is 4.50. The fraction of sp³-hybridized carbons (Fsp3) is 0.400. The lowest BCUT2D eigenvalue weighted by Crippen LogP contribution is -2.38. The van der Waals surface area contributed by atoms with E-state index >= 15 is 0 Å². The predicted molar refractivity (Wildman–Crippen MR) is 89.8 cm³/mol. The molecule has 3 aromatic rings. The SMILES string of the molecule is CS(=O)(=O)N1CCC(n2cc(-c3ncnc4[nH]ccc34)cn2)CC1. The van der Waals surface area contributed by atoms with Crippen LogP contribution in [-0.2, 0) is 10.0 Å². The van der Waals surface area contributed by atoms with Crippen molar-refractivity contribution in [2.75, 3.05) is 19.3 Å². The lowest BCUT2D eigenvalue weighted by Gasteiger charge is -2.30. The Morgan fingerprint density at radius 1 is 1.25 bits per heavy atom. The first kappa shape index (κ1) is 15.3. The summed E-state index contributed by atoms with van der Waals surface area (Å²) in [5.74, 6) is 0. The monoisotopic (exact) mass is 346 g/mol. The molecule has 0 atom stereocenters. The first-order valence-electron chi connectivity index (χ1n) is 7.80. The minimum absolute atomic E-state index is 0.209. The second-order valence-electron chi connectivity index (χ2n) is 6.06. The number of piperidine rings is 1. The summed E-state index contributed by atoms with van der Waals surface area (Å²) in [4.78, 5) is 11.7. The van der Waals surface area contributed by atoms with Crippen molar-refractivity contribution in [1.29, 1.82) is 0 Å². The molecule has 0 unspecified atom stereocenters. The van der Waals surface area contributed by atoms with Gasteiger partial charge in [-0.3, -0.25) is 4.68 Å². The smallest absolute Gasteiger partial charge is 0.211 e. The molecule has 0 radical (unpaired) electrons. The Labute approximate surface area is 139 Å². The van der Waals surface area contributed by atoms with E-state index in [-0.39, 0.29) is 6.04 Å². The maximum Gasteiger partial charge on any atom is 0.211 e. The number of hydrogen-bond acceptors (Lipinski definition) is 5. The van der Waals surface area contributed by atoms with Crippen molar-refractivity contribution >= 4 is 21.1 Å². The minimum atomic E-state index is -3.10. The maximum atomic E-state index is 11.6. The zero-order chi connectivity index (χ0) is 16.7. The topological polar surface area (TPSA) is 96.8 Å². The Balaban J connectivity index is 1.57. The summed E-state index contributed by atoms with van der Waals surface area (Å²) in [6.07, 6.45) is 9.95. The zero-order valence-electron chi connectivity index (χ0n) is 13.3. The fourth-order valence-electron chi connectivity index (χ4n) is 3.20. The van der Waals surface area contributed by atoms with Crippen LogP contribution in [0.5, 0.6) is 0 Å². The summed E-state index contributed by atoms with van der Waals surface area (Å²) in [5, 5.41) is 5.43. The van der Waals surface area contributed by atoms with Gasteiger partial charge in [-0.05, 0) is 18.9 Å². The molecule has 4 heterocycles. The van der Waals surface area contributed by atoms with Gasteiger partial charge in [-0.1, -0.05) is 0 Å². The first-order valence-corrected chi connectivity index (χ1v) is 9.65. The molecule has 1 saturated heterocycles. The normalized spacial score (nSPS) is 17.5.